The van der Waals surface area contributed by atoms with Crippen LogP contribution in [0.25, 0.3) is 0 Å². The van der Waals surface area contributed by atoms with Crippen LogP contribution < -0.4 is 5.32 Å². The number of carbonyl (C=O) groups excluding carboxylic acids is 2. The fraction of sp³-hybridized carbons (Fsp3) is 0.833. The van der Waals surface area contributed by atoms with Gasteiger partial charge in [0.05, 0.1) is 5.92 Å². The zero-order valence-corrected chi connectivity index (χ0v) is 10.6. The second kappa shape index (κ2) is 6.58. The summed E-state index contributed by atoms with van der Waals surface area (Å²) in [6.45, 7) is 3.07. The van der Waals surface area contributed by atoms with E-state index in [2.05, 4.69) is 15.5 Å². The molecule has 6 heteroatoms. The van der Waals surface area contributed by atoms with Gasteiger partial charge >= 0.3 is 6.03 Å². The number of carbonyl (C=O) groups is 2. The molecular formula is C12H20N4O2. The average Bonchev–Trinajstić information content (AvgIpc) is 2.46. The highest BCUT2D eigenvalue weighted by Crippen LogP contribution is 2.13. The summed E-state index contributed by atoms with van der Waals surface area (Å²) >= 11 is 0. The molecule has 2 aliphatic rings. The zero-order chi connectivity index (χ0) is 12.8. The van der Waals surface area contributed by atoms with Crippen LogP contribution in [0.15, 0.2) is 10.2 Å². The standard InChI is InChI=1S/C12H20N4O2/c17-11(10-5-4-6-13-9-10)14-15-12(18)16-7-2-1-3-8-16/h10,13H,1-9H2. The number of azo groups is 1. The second-order valence-electron chi connectivity index (χ2n) is 4.91. The summed E-state index contributed by atoms with van der Waals surface area (Å²) in [5, 5.41) is 10.3. The monoisotopic (exact) mass is 252 g/mol. The van der Waals surface area contributed by atoms with Crippen molar-refractivity contribution < 1.29 is 9.59 Å². The highest BCUT2D eigenvalue weighted by Gasteiger charge is 2.21. The fourth-order valence-electron chi connectivity index (χ4n) is 2.38. The number of nitrogens with one attached hydrogen (secondary N) is 1. The minimum Gasteiger partial charge on any atom is -0.322 e. The van der Waals surface area contributed by atoms with E-state index in [1.54, 1.807) is 4.90 Å². The van der Waals surface area contributed by atoms with Gasteiger partial charge in [0.25, 0.3) is 5.91 Å². The summed E-state index contributed by atoms with van der Waals surface area (Å²) in [5.74, 6) is -0.385. The van der Waals surface area contributed by atoms with Crippen LogP contribution in [-0.2, 0) is 4.79 Å². The number of likely N-dealkylation sites (tertiary alicyclic amines) is 1. The van der Waals surface area contributed by atoms with Gasteiger partial charge in [-0.15, -0.1) is 5.11 Å². The van der Waals surface area contributed by atoms with E-state index in [1.807, 2.05) is 0 Å². The highest BCUT2D eigenvalue weighted by atomic mass is 16.2. The van der Waals surface area contributed by atoms with Crippen LogP contribution in [0.2, 0.25) is 0 Å². The molecule has 3 amide bonds. The Morgan fingerprint density at radius 1 is 1.06 bits per heavy atom. The van der Waals surface area contributed by atoms with Gasteiger partial charge in [-0.3, -0.25) is 4.79 Å². The largest absolute Gasteiger partial charge is 0.362 e. The lowest BCUT2D eigenvalue weighted by Gasteiger charge is -2.24. The maximum absolute atomic E-state index is 11.7. The lowest BCUT2D eigenvalue weighted by Crippen LogP contribution is -2.35. The Bertz CT molecular complexity index is 299. The van der Waals surface area contributed by atoms with E-state index < -0.39 is 0 Å². The van der Waals surface area contributed by atoms with Gasteiger partial charge in [-0.25, -0.2) is 4.79 Å². The minimum absolute atomic E-state index is 0.114. The van der Waals surface area contributed by atoms with Crippen LogP contribution in [0.4, 0.5) is 4.79 Å². The van der Waals surface area contributed by atoms with Gasteiger partial charge in [0, 0.05) is 19.6 Å². The fourth-order valence-corrected chi connectivity index (χ4v) is 2.38. The van der Waals surface area contributed by atoms with Crippen LogP contribution >= 0.6 is 0 Å². The molecule has 0 bridgehead atoms. The molecular weight excluding hydrogens is 232 g/mol. The van der Waals surface area contributed by atoms with Crippen LogP contribution in [0, 0.1) is 5.92 Å². The maximum atomic E-state index is 11.7. The Labute approximate surface area is 107 Å². The Hall–Kier alpha value is -1.30. The third kappa shape index (κ3) is 3.60. The summed E-state index contributed by atoms with van der Waals surface area (Å²) in [7, 11) is 0. The summed E-state index contributed by atoms with van der Waals surface area (Å²) < 4.78 is 0. The van der Waals surface area contributed by atoms with Crippen LogP contribution in [-0.4, -0.2) is 43.0 Å². The average molecular weight is 252 g/mol. The molecule has 2 rings (SSSR count). The third-order valence-electron chi connectivity index (χ3n) is 3.51. The van der Waals surface area contributed by atoms with Crippen molar-refractivity contribution in [2.24, 2.45) is 16.1 Å². The smallest absolute Gasteiger partial charge is 0.322 e. The molecule has 2 fully saturated rings. The second-order valence-corrected chi connectivity index (χ2v) is 4.91. The number of piperidine rings is 2. The van der Waals surface area contributed by atoms with Gasteiger partial charge in [-0.1, -0.05) is 5.11 Å². The first kappa shape index (κ1) is 13.1. The first-order valence-corrected chi connectivity index (χ1v) is 6.72. The predicted octanol–water partition coefficient (Wildman–Crippen LogP) is 1.57. The summed E-state index contributed by atoms with van der Waals surface area (Å²) in [5.41, 5.74) is 0. The van der Waals surface area contributed by atoms with Gasteiger partial charge in [0.15, 0.2) is 0 Å². The molecule has 2 saturated heterocycles. The molecule has 0 saturated carbocycles. The van der Waals surface area contributed by atoms with Crippen molar-refractivity contribution in [3.05, 3.63) is 0 Å². The number of hydrogen-bond acceptors (Lipinski definition) is 3. The van der Waals surface area contributed by atoms with E-state index in [0.717, 1.165) is 51.7 Å². The number of rotatable bonds is 1. The highest BCUT2D eigenvalue weighted by molar-refractivity contribution is 5.82. The molecule has 0 radical (unpaired) electrons. The Balaban J connectivity index is 1.81. The summed E-state index contributed by atoms with van der Waals surface area (Å²) in [6.07, 6.45) is 5.01. The van der Waals surface area contributed by atoms with E-state index in [0.29, 0.717) is 6.54 Å². The van der Waals surface area contributed by atoms with Crippen LogP contribution in [0.5, 0.6) is 0 Å². The topological polar surface area (TPSA) is 74.1 Å². The zero-order valence-electron chi connectivity index (χ0n) is 10.6. The van der Waals surface area contributed by atoms with Crippen LogP contribution in [0.1, 0.15) is 32.1 Å². The predicted molar refractivity (Wildman–Crippen MR) is 66.3 cm³/mol. The molecule has 0 aromatic rings. The normalized spacial score (nSPS) is 25.3. The maximum Gasteiger partial charge on any atom is 0.362 e. The lowest BCUT2D eigenvalue weighted by molar-refractivity contribution is -0.122. The van der Waals surface area contributed by atoms with Crippen molar-refractivity contribution in [2.75, 3.05) is 26.2 Å². The van der Waals surface area contributed by atoms with Gasteiger partial charge in [0.1, 0.15) is 0 Å². The number of amides is 3. The molecule has 0 aromatic carbocycles. The first-order valence-electron chi connectivity index (χ1n) is 6.72. The van der Waals surface area contributed by atoms with E-state index in [-0.39, 0.29) is 17.9 Å². The van der Waals surface area contributed by atoms with Crippen molar-refractivity contribution in [1.29, 1.82) is 0 Å². The van der Waals surface area contributed by atoms with E-state index in [1.165, 1.54) is 0 Å². The molecule has 1 unspecified atom stereocenters. The first-order chi connectivity index (χ1) is 8.77. The Morgan fingerprint density at radius 3 is 2.50 bits per heavy atom. The lowest BCUT2D eigenvalue weighted by atomic mass is 9.99. The molecule has 0 spiro atoms. The van der Waals surface area contributed by atoms with Crippen molar-refractivity contribution in [1.82, 2.24) is 10.2 Å². The van der Waals surface area contributed by atoms with Gasteiger partial charge in [0.2, 0.25) is 0 Å². The molecule has 18 heavy (non-hydrogen) atoms. The SMILES string of the molecule is O=C(N=NC(=O)N1CCCCC1)C1CCCNC1. The van der Waals surface area contributed by atoms with Crippen molar-refractivity contribution >= 4 is 11.9 Å². The van der Waals surface area contributed by atoms with Gasteiger partial charge in [-0.2, -0.15) is 0 Å². The molecule has 1 N–H and O–H groups in total. The molecule has 6 nitrogen and oxygen atoms in total. The Morgan fingerprint density at radius 2 is 1.83 bits per heavy atom. The number of hydrogen-bond donors (Lipinski definition) is 1. The minimum atomic E-state index is -0.369. The number of urea groups is 1. The molecule has 100 valence electrons. The molecule has 0 aliphatic carbocycles. The van der Waals surface area contributed by atoms with E-state index in [9.17, 15) is 9.59 Å². The van der Waals surface area contributed by atoms with Crippen molar-refractivity contribution in [3.8, 4) is 0 Å². The third-order valence-corrected chi connectivity index (χ3v) is 3.51. The van der Waals surface area contributed by atoms with E-state index in [4.69, 9.17) is 0 Å². The molecule has 1 atom stereocenters. The number of nitrogens with zero attached hydrogens (tertiary/aromatic N) is 3. The van der Waals surface area contributed by atoms with E-state index >= 15 is 0 Å². The van der Waals surface area contributed by atoms with Gasteiger partial charge in [-0.05, 0) is 38.6 Å². The van der Waals surface area contributed by atoms with Crippen molar-refractivity contribution in [2.45, 2.75) is 32.1 Å². The quantitative estimate of drug-likeness (QED) is 0.720. The molecule has 2 heterocycles. The van der Waals surface area contributed by atoms with Crippen LogP contribution in [0.3, 0.4) is 0 Å². The Kier molecular flexibility index (Phi) is 4.81. The summed E-state index contributed by atoms with van der Waals surface area (Å²) in [4.78, 5) is 25.1. The molecule has 2 aliphatic heterocycles. The summed E-state index contributed by atoms with van der Waals surface area (Å²) in [6, 6.07) is -0.369. The molecule has 0 aromatic heterocycles. The van der Waals surface area contributed by atoms with Crippen molar-refractivity contribution in [3.63, 3.8) is 0 Å². The van der Waals surface area contributed by atoms with Gasteiger partial charge < -0.3 is 10.2 Å².